The zero-order valence-corrected chi connectivity index (χ0v) is 12.8. The van der Waals surface area contributed by atoms with Gasteiger partial charge in [-0.2, -0.15) is 0 Å². The Labute approximate surface area is 110 Å². The molecule has 102 valence electrons. The lowest BCUT2D eigenvalue weighted by molar-refractivity contribution is 0.150. The molecule has 0 aromatic heterocycles. The first-order valence-electron chi connectivity index (χ1n) is 8.04. The van der Waals surface area contributed by atoms with Crippen LogP contribution in [0.3, 0.4) is 0 Å². The minimum atomic E-state index is 0.883. The Bertz CT molecular complexity index is 192. The smallest absolute Gasteiger partial charge is 0.0383 e. The summed E-state index contributed by atoms with van der Waals surface area (Å²) in [5.41, 5.74) is 0. The summed E-state index contributed by atoms with van der Waals surface area (Å²) in [6.45, 7) is 12.0. The van der Waals surface area contributed by atoms with Gasteiger partial charge in [-0.3, -0.25) is 0 Å². The fourth-order valence-electron chi connectivity index (χ4n) is 3.62. The largest absolute Gasteiger partial charge is 0.0651 e. The van der Waals surface area contributed by atoms with E-state index in [9.17, 15) is 0 Å². The second-order valence-corrected chi connectivity index (χ2v) is 7.07. The molecule has 1 rings (SSSR count). The van der Waals surface area contributed by atoms with Crippen LogP contribution in [0.4, 0.5) is 0 Å². The quantitative estimate of drug-likeness (QED) is 0.539. The summed E-state index contributed by atoms with van der Waals surface area (Å²) in [7, 11) is 0. The molecular formula is C17H34. The van der Waals surface area contributed by atoms with Gasteiger partial charge in [0.25, 0.3) is 0 Å². The van der Waals surface area contributed by atoms with Crippen LogP contribution in [0.25, 0.3) is 0 Å². The van der Waals surface area contributed by atoms with Gasteiger partial charge in [0.2, 0.25) is 0 Å². The van der Waals surface area contributed by atoms with Crippen LogP contribution in [-0.4, -0.2) is 0 Å². The minimum Gasteiger partial charge on any atom is -0.0651 e. The van der Waals surface area contributed by atoms with E-state index in [0.717, 1.165) is 29.6 Å². The SMILES string of the molecule is CCC(CCC(C)C)C1CCCC(C(C)C)C1. The molecule has 0 heterocycles. The molecule has 17 heavy (non-hydrogen) atoms. The van der Waals surface area contributed by atoms with Crippen molar-refractivity contribution in [1.82, 2.24) is 0 Å². The average molecular weight is 238 g/mol. The zero-order chi connectivity index (χ0) is 12.8. The van der Waals surface area contributed by atoms with Gasteiger partial charge in [0.05, 0.1) is 0 Å². The summed E-state index contributed by atoms with van der Waals surface area (Å²) in [4.78, 5) is 0. The van der Waals surface area contributed by atoms with Gasteiger partial charge in [0, 0.05) is 0 Å². The Morgan fingerprint density at radius 2 is 1.59 bits per heavy atom. The summed E-state index contributed by atoms with van der Waals surface area (Å²) < 4.78 is 0. The first-order chi connectivity index (χ1) is 8.04. The maximum absolute atomic E-state index is 2.42. The molecule has 0 nitrogen and oxygen atoms in total. The maximum atomic E-state index is 2.42. The van der Waals surface area contributed by atoms with Crippen LogP contribution in [0.2, 0.25) is 0 Å². The molecule has 0 aromatic rings. The Balaban J connectivity index is 2.44. The molecule has 3 unspecified atom stereocenters. The van der Waals surface area contributed by atoms with Gasteiger partial charge in [-0.1, -0.05) is 66.7 Å². The second kappa shape index (κ2) is 7.44. The van der Waals surface area contributed by atoms with E-state index >= 15 is 0 Å². The van der Waals surface area contributed by atoms with Crippen LogP contribution in [0.1, 0.15) is 79.6 Å². The monoisotopic (exact) mass is 238 g/mol. The molecule has 0 N–H and O–H groups in total. The van der Waals surface area contributed by atoms with Crippen LogP contribution >= 0.6 is 0 Å². The van der Waals surface area contributed by atoms with Crippen molar-refractivity contribution in [2.45, 2.75) is 79.6 Å². The Kier molecular flexibility index (Phi) is 6.59. The second-order valence-electron chi connectivity index (χ2n) is 7.07. The van der Waals surface area contributed by atoms with E-state index in [1.165, 1.54) is 44.9 Å². The van der Waals surface area contributed by atoms with Gasteiger partial charge in [-0.15, -0.1) is 0 Å². The highest BCUT2D eigenvalue weighted by Gasteiger charge is 2.28. The van der Waals surface area contributed by atoms with Crippen LogP contribution in [-0.2, 0) is 0 Å². The average Bonchev–Trinajstić information content (AvgIpc) is 2.30. The van der Waals surface area contributed by atoms with Crippen molar-refractivity contribution < 1.29 is 0 Å². The zero-order valence-electron chi connectivity index (χ0n) is 12.8. The molecule has 0 amide bonds. The Morgan fingerprint density at radius 1 is 0.941 bits per heavy atom. The predicted octanol–water partition coefficient (Wildman–Crippen LogP) is 5.91. The molecule has 3 atom stereocenters. The normalized spacial score (nSPS) is 27.7. The summed E-state index contributed by atoms with van der Waals surface area (Å²) in [6, 6.07) is 0. The van der Waals surface area contributed by atoms with Crippen molar-refractivity contribution in [3.8, 4) is 0 Å². The van der Waals surface area contributed by atoms with Gasteiger partial charge in [-0.05, 0) is 42.4 Å². The van der Waals surface area contributed by atoms with Crippen molar-refractivity contribution >= 4 is 0 Å². The lowest BCUT2D eigenvalue weighted by Gasteiger charge is -2.36. The molecule has 0 aliphatic heterocycles. The first-order valence-corrected chi connectivity index (χ1v) is 8.04. The topological polar surface area (TPSA) is 0 Å². The fraction of sp³-hybridized carbons (Fsp3) is 1.00. The molecule has 0 aromatic carbocycles. The lowest BCUT2D eigenvalue weighted by atomic mass is 9.70. The van der Waals surface area contributed by atoms with Gasteiger partial charge in [0.15, 0.2) is 0 Å². The fourth-order valence-corrected chi connectivity index (χ4v) is 3.62. The number of rotatable bonds is 6. The van der Waals surface area contributed by atoms with E-state index < -0.39 is 0 Å². The van der Waals surface area contributed by atoms with Crippen LogP contribution in [0, 0.1) is 29.6 Å². The molecule has 1 aliphatic carbocycles. The summed E-state index contributed by atoms with van der Waals surface area (Å²) in [5, 5.41) is 0. The van der Waals surface area contributed by atoms with E-state index in [1.54, 1.807) is 0 Å². The van der Waals surface area contributed by atoms with Crippen molar-refractivity contribution in [3.05, 3.63) is 0 Å². The van der Waals surface area contributed by atoms with Gasteiger partial charge in [-0.25, -0.2) is 0 Å². The third-order valence-corrected chi connectivity index (χ3v) is 5.00. The van der Waals surface area contributed by atoms with Crippen molar-refractivity contribution in [1.29, 1.82) is 0 Å². The van der Waals surface area contributed by atoms with Gasteiger partial charge >= 0.3 is 0 Å². The van der Waals surface area contributed by atoms with Crippen molar-refractivity contribution in [3.63, 3.8) is 0 Å². The van der Waals surface area contributed by atoms with E-state index in [4.69, 9.17) is 0 Å². The molecule has 1 saturated carbocycles. The number of hydrogen-bond acceptors (Lipinski definition) is 0. The van der Waals surface area contributed by atoms with E-state index in [-0.39, 0.29) is 0 Å². The van der Waals surface area contributed by atoms with Gasteiger partial charge < -0.3 is 0 Å². The van der Waals surface area contributed by atoms with E-state index in [1.807, 2.05) is 0 Å². The lowest BCUT2D eigenvalue weighted by Crippen LogP contribution is -2.25. The summed E-state index contributed by atoms with van der Waals surface area (Å²) >= 11 is 0. The molecule has 0 radical (unpaired) electrons. The molecule has 0 saturated heterocycles. The van der Waals surface area contributed by atoms with Crippen LogP contribution < -0.4 is 0 Å². The molecule has 0 spiro atoms. The minimum absolute atomic E-state index is 0.883. The van der Waals surface area contributed by atoms with Crippen molar-refractivity contribution in [2.75, 3.05) is 0 Å². The summed E-state index contributed by atoms with van der Waals surface area (Å²) in [6.07, 6.45) is 10.3. The van der Waals surface area contributed by atoms with Crippen LogP contribution in [0.5, 0.6) is 0 Å². The number of hydrogen-bond donors (Lipinski definition) is 0. The highest BCUT2D eigenvalue weighted by atomic mass is 14.3. The molecule has 0 heteroatoms. The Morgan fingerprint density at radius 3 is 2.12 bits per heavy atom. The highest BCUT2D eigenvalue weighted by molar-refractivity contribution is 4.79. The van der Waals surface area contributed by atoms with E-state index in [0.29, 0.717) is 0 Å². The molecule has 1 fully saturated rings. The third kappa shape index (κ3) is 5.02. The third-order valence-electron chi connectivity index (χ3n) is 5.00. The molecule has 0 bridgehead atoms. The molecular weight excluding hydrogens is 204 g/mol. The maximum Gasteiger partial charge on any atom is -0.0383 e. The van der Waals surface area contributed by atoms with Crippen molar-refractivity contribution in [2.24, 2.45) is 29.6 Å². The predicted molar refractivity (Wildman–Crippen MR) is 78.1 cm³/mol. The first kappa shape index (κ1) is 15.1. The van der Waals surface area contributed by atoms with E-state index in [2.05, 4.69) is 34.6 Å². The van der Waals surface area contributed by atoms with Crippen LogP contribution in [0.15, 0.2) is 0 Å². The standard InChI is InChI=1S/C17H34/c1-6-15(11-10-13(2)3)17-9-7-8-16(12-17)14(4)5/h13-17H,6-12H2,1-5H3. The summed E-state index contributed by atoms with van der Waals surface area (Å²) in [5.74, 6) is 4.86. The molecule has 1 aliphatic rings. The highest BCUT2D eigenvalue weighted by Crippen LogP contribution is 2.40. The Hall–Kier alpha value is 0. The van der Waals surface area contributed by atoms with Gasteiger partial charge in [0.1, 0.15) is 0 Å².